The Labute approximate surface area is 212 Å². The van der Waals surface area contributed by atoms with E-state index in [1.165, 1.54) is 11.1 Å². The number of fused-ring (bicyclic) bond motifs is 3. The zero-order valence-electron chi connectivity index (χ0n) is 20.6. The molecule has 3 heterocycles. The number of methoxy groups -OCH3 is 1. The first-order valence-electron chi connectivity index (χ1n) is 11.9. The Kier molecular flexibility index (Phi) is 5.41. The molecule has 3 aromatic carbocycles. The Bertz CT molecular complexity index is 1840. The van der Waals surface area contributed by atoms with Gasteiger partial charge >= 0.3 is 0 Å². The topological polar surface area (TPSA) is 97.7 Å². The number of hydrogen-bond donors (Lipinski definition) is 2. The van der Waals surface area contributed by atoms with E-state index in [0.29, 0.717) is 33.6 Å². The molecule has 0 amide bonds. The molecule has 0 aliphatic heterocycles. The maximum Gasteiger partial charge on any atom is 0.267 e. The van der Waals surface area contributed by atoms with Crippen LogP contribution < -0.4 is 15.6 Å². The number of rotatable bonds is 5. The van der Waals surface area contributed by atoms with Crippen LogP contribution in [0.1, 0.15) is 11.1 Å². The number of pyridine rings is 1. The molecule has 6 rings (SSSR count). The van der Waals surface area contributed by atoms with E-state index in [-0.39, 0.29) is 5.56 Å². The summed E-state index contributed by atoms with van der Waals surface area (Å²) in [6.07, 6.45) is 3.31. The average Bonchev–Trinajstić information content (AvgIpc) is 3.42. The number of nitrogens with one attached hydrogen (secondary N) is 2. The Morgan fingerprint density at radius 3 is 2.59 bits per heavy atom. The minimum Gasteiger partial charge on any atom is -0.497 e. The first-order chi connectivity index (χ1) is 18.0. The Morgan fingerprint density at radius 2 is 1.78 bits per heavy atom. The van der Waals surface area contributed by atoms with Gasteiger partial charge < -0.3 is 10.1 Å². The molecule has 0 radical (unpaired) electrons. The summed E-state index contributed by atoms with van der Waals surface area (Å²) in [6.45, 7) is 4.21. The van der Waals surface area contributed by atoms with Crippen LogP contribution in [0.15, 0.2) is 83.9 Å². The molecule has 6 aromatic rings. The molecule has 0 spiro atoms. The largest absolute Gasteiger partial charge is 0.497 e. The number of nitrogens with zero attached hydrogens (tertiary/aromatic N) is 4. The molecule has 8 nitrogen and oxygen atoms in total. The highest BCUT2D eigenvalue weighted by Gasteiger charge is 2.17. The first kappa shape index (κ1) is 22.5. The average molecular weight is 489 g/mol. The Hall–Kier alpha value is -4.98. The van der Waals surface area contributed by atoms with Crippen LogP contribution in [0, 0.1) is 13.8 Å². The predicted molar refractivity (Wildman–Crippen MR) is 146 cm³/mol. The fourth-order valence-electron chi connectivity index (χ4n) is 4.56. The standard InChI is InChI=1S/C29H24N6O2/c1-17-6-4-9-23(18(17)2)19-7-5-8-21(14-19)35-27-24(26-25(28(35)36)16-31-34-26)15-30-29(33-27)32-20-10-12-22(37-3)13-11-20/h4-16H,1-3H3,(H,31,34)(H,30,32,33). The van der Waals surface area contributed by atoms with Gasteiger partial charge in [-0.3, -0.25) is 14.5 Å². The van der Waals surface area contributed by atoms with Crippen molar-refractivity contribution in [2.24, 2.45) is 0 Å². The van der Waals surface area contributed by atoms with Gasteiger partial charge in [-0.2, -0.15) is 10.1 Å². The van der Waals surface area contributed by atoms with Crippen LogP contribution in [0.2, 0.25) is 0 Å². The molecule has 2 N–H and O–H groups in total. The van der Waals surface area contributed by atoms with Crippen LogP contribution in [0.5, 0.6) is 5.75 Å². The van der Waals surface area contributed by atoms with Crippen molar-refractivity contribution in [3.05, 3.63) is 101 Å². The molecule has 0 aliphatic rings. The van der Waals surface area contributed by atoms with E-state index in [9.17, 15) is 4.79 Å². The summed E-state index contributed by atoms with van der Waals surface area (Å²) in [5, 5.41) is 11.5. The maximum absolute atomic E-state index is 13.7. The number of anilines is 2. The van der Waals surface area contributed by atoms with Crippen molar-refractivity contribution in [1.82, 2.24) is 24.7 Å². The van der Waals surface area contributed by atoms with Crippen LogP contribution in [0.25, 0.3) is 38.8 Å². The summed E-state index contributed by atoms with van der Waals surface area (Å²) in [4.78, 5) is 23.0. The van der Waals surface area contributed by atoms with E-state index in [1.54, 1.807) is 24.1 Å². The molecule has 0 atom stereocenters. The second kappa shape index (κ2) is 8.91. The van der Waals surface area contributed by atoms with Crippen molar-refractivity contribution in [2.75, 3.05) is 12.4 Å². The zero-order chi connectivity index (χ0) is 25.5. The van der Waals surface area contributed by atoms with Crippen molar-refractivity contribution >= 4 is 33.6 Å². The van der Waals surface area contributed by atoms with Gasteiger partial charge in [-0.25, -0.2) is 4.98 Å². The molecule has 0 fully saturated rings. The molecule has 37 heavy (non-hydrogen) atoms. The first-order valence-corrected chi connectivity index (χ1v) is 11.9. The smallest absolute Gasteiger partial charge is 0.267 e. The number of ether oxygens (including phenoxy) is 1. The van der Waals surface area contributed by atoms with E-state index in [4.69, 9.17) is 9.72 Å². The zero-order valence-corrected chi connectivity index (χ0v) is 20.6. The number of aryl methyl sites for hydroxylation is 1. The van der Waals surface area contributed by atoms with Gasteiger partial charge in [-0.15, -0.1) is 0 Å². The molecule has 0 saturated carbocycles. The molecule has 0 aliphatic carbocycles. The summed E-state index contributed by atoms with van der Waals surface area (Å²) in [7, 11) is 1.62. The van der Waals surface area contributed by atoms with Gasteiger partial charge in [0.05, 0.1) is 23.6 Å². The van der Waals surface area contributed by atoms with E-state index < -0.39 is 0 Å². The molecular weight excluding hydrogens is 464 g/mol. The second-order valence-corrected chi connectivity index (χ2v) is 8.87. The van der Waals surface area contributed by atoms with Gasteiger partial charge in [0.2, 0.25) is 5.95 Å². The van der Waals surface area contributed by atoms with E-state index >= 15 is 0 Å². The quantitative estimate of drug-likeness (QED) is 0.323. The van der Waals surface area contributed by atoms with Crippen molar-refractivity contribution in [2.45, 2.75) is 13.8 Å². The van der Waals surface area contributed by atoms with Gasteiger partial charge in [0.15, 0.2) is 5.65 Å². The van der Waals surface area contributed by atoms with Crippen molar-refractivity contribution in [3.63, 3.8) is 0 Å². The lowest BCUT2D eigenvalue weighted by molar-refractivity contribution is 0.415. The predicted octanol–water partition coefficient (Wildman–Crippen LogP) is 5.69. The van der Waals surface area contributed by atoms with Crippen LogP contribution >= 0.6 is 0 Å². The summed E-state index contributed by atoms with van der Waals surface area (Å²) < 4.78 is 6.86. The lowest BCUT2D eigenvalue weighted by atomic mass is 9.97. The van der Waals surface area contributed by atoms with Crippen LogP contribution in [0.4, 0.5) is 11.6 Å². The van der Waals surface area contributed by atoms with Crippen molar-refractivity contribution in [1.29, 1.82) is 0 Å². The van der Waals surface area contributed by atoms with Gasteiger partial charge in [0.1, 0.15) is 11.3 Å². The van der Waals surface area contributed by atoms with Gasteiger partial charge in [0.25, 0.3) is 5.56 Å². The molecule has 182 valence electrons. The van der Waals surface area contributed by atoms with Gasteiger partial charge in [-0.05, 0) is 72.5 Å². The Balaban J connectivity index is 1.54. The number of aromatic nitrogens is 5. The molecular formula is C29H24N6O2. The third kappa shape index (κ3) is 3.88. The minimum absolute atomic E-state index is 0.205. The third-order valence-corrected chi connectivity index (χ3v) is 6.68. The molecule has 3 aromatic heterocycles. The van der Waals surface area contributed by atoms with E-state index in [1.807, 2.05) is 48.5 Å². The summed E-state index contributed by atoms with van der Waals surface area (Å²) in [5.74, 6) is 1.12. The van der Waals surface area contributed by atoms with Crippen LogP contribution in [-0.2, 0) is 0 Å². The highest BCUT2D eigenvalue weighted by atomic mass is 16.5. The highest BCUT2D eigenvalue weighted by molar-refractivity contribution is 6.02. The number of aromatic amines is 1. The molecule has 8 heteroatoms. The lowest BCUT2D eigenvalue weighted by Gasteiger charge is -2.14. The monoisotopic (exact) mass is 488 g/mol. The number of benzene rings is 3. The van der Waals surface area contributed by atoms with E-state index in [0.717, 1.165) is 22.6 Å². The van der Waals surface area contributed by atoms with E-state index in [2.05, 4.69) is 52.5 Å². The summed E-state index contributed by atoms with van der Waals surface area (Å²) in [6, 6.07) is 21.7. The maximum atomic E-state index is 13.7. The Morgan fingerprint density at radius 1 is 0.973 bits per heavy atom. The van der Waals surface area contributed by atoms with Crippen molar-refractivity contribution in [3.8, 4) is 22.6 Å². The SMILES string of the molecule is COc1ccc(Nc2ncc3c4n[nH]cc4c(=O)n(-c4cccc(-c5cccc(C)c5C)c4)c3n2)cc1. The fraction of sp³-hybridized carbons (Fsp3) is 0.103. The minimum atomic E-state index is -0.205. The fourth-order valence-corrected chi connectivity index (χ4v) is 4.56. The molecule has 0 saturated heterocycles. The lowest BCUT2D eigenvalue weighted by Crippen LogP contribution is -2.20. The second-order valence-electron chi connectivity index (χ2n) is 8.87. The van der Waals surface area contributed by atoms with Gasteiger partial charge in [0, 0.05) is 18.1 Å². The molecule has 0 bridgehead atoms. The van der Waals surface area contributed by atoms with Crippen LogP contribution in [0.3, 0.4) is 0 Å². The number of hydrogen-bond acceptors (Lipinski definition) is 6. The normalized spacial score (nSPS) is 11.2. The third-order valence-electron chi connectivity index (χ3n) is 6.68. The summed E-state index contributed by atoms with van der Waals surface area (Å²) in [5.41, 5.74) is 6.88. The highest BCUT2D eigenvalue weighted by Crippen LogP contribution is 2.29. The van der Waals surface area contributed by atoms with Crippen molar-refractivity contribution < 1.29 is 4.74 Å². The molecule has 0 unspecified atom stereocenters. The summed E-state index contributed by atoms with van der Waals surface area (Å²) >= 11 is 0. The van der Waals surface area contributed by atoms with Crippen LogP contribution in [-0.4, -0.2) is 31.8 Å². The van der Waals surface area contributed by atoms with Gasteiger partial charge in [-0.1, -0.05) is 30.3 Å². The number of H-pyrrole nitrogens is 1.